The zero-order chi connectivity index (χ0) is 27.7. The van der Waals surface area contributed by atoms with Crippen molar-refractivity contribution in [3.8, 4) is 0 Å². The van der Waals surface area contributed by atoms with Crippen LogP contribution in [0.25, 0.3) is 0 Å². The van der Waals surface area contributed by atoms with Gasteiger partial charge in [0.05, 0.1) is 0 Å². The van der Waals surface area contributed by atoms with Crippen LogP contribution in [0, 0.1) is 5.92 Å². The zero-order valence-electron chi connectivity index (χ0n) is 18.3. The van der Waals surface area contributed by atoms with Crippen molar-refractivity contribution in [2.75, 3.05) is 13.1 Å². The average Bonchev–Trinajstić information content (AvgIpc) is 2.75. The largest absolute Gasteiger partial charge is 0.427 e. The minimum Gasteiger partial charge on any atom is -0.330 e. The van der Waals surface area contributed by atoms with Crippen LogP contribution in [-0.4, -0.2) is 56.6 Å². The summed E-state index contributed by atoms with van der Waals surface area (Å²) in [5, 5.41) is -13.8. The van der Waals surface area contributed by atoms with Crippen LogP contribution in [0.3, 0.4) is 0 Å². The molecule has 0 saturated carbocycles. The third-order valence-electron chi connectivity index (χ3n) is 5.27. The normalized spacial score (nSPS) is 15.5. The van der Waals surface area contributed by atoms with E-state index in [0.717, 1.165) is 18.9 Å². The highest BCUT2D eigenvalue weighted by atomic mass is 35.7. The fourth-order valence-corrected chi connectivity index (χ4v) is 5.08. The van der Waals surface area contributed by atoms with Gasteiger partial charge in [-0.2, -0.15) is 39.4 Å². The molecule has 1 aromatic carbocycles. The number of hydrogen-bond donors (Lipinski definition) is 1. The Bertz CT molecular complexity index is 1080. The minimum absolute atomic E-state index is 0.0143. The first-order valence-corrected chi connectivity index (χ1v) is 13.6. The van der Waals surface area contributed by atoms with Crippen molar-refractivity contribution in [3.05, 3.63) is 35.4 Å². The number of rotatable bonds is 13. The van der Waals surface area contributed by atoms with E-state index in [2.05, 4.69) is 10.7 Å². The molecule has 1 unspecified atom stereocenters. The van der Waals surface area contributed by atoms with Gasteiger partial charge < -0.3 is 5.73 Å². The highest BCUT2D eigenvalue weighted by molar-refractivity contribution is 8.14. The number of sulfonamides is 1. The van der Waals surface area contributed by atoms with Gasteiger partial charge in [0.2, 0.25) is 0 Å². The van der Waals surface area contributed by atoms with Crippen molar-refractivity contribution in [2.45, 2.75) is 55.6 Å². The number of halogens is 9. The molecule has 0 aliphatic heterocycles. The molecule has 1 aromatic rings. The molecule has 204 valence electrons. The van der Waals surface area contributed by atoms with Gasteiger partial charge in [0.1, 0.15) is 0 Å². The first kappa shape index (κ1) is 31.8. The number of hydrogen-bond acceptors (Lipinski definition) is 5. The Labute approximate surface area is 201 Å². The predicted molar refractivity (Wildman–Crippen MR) is 113 cm³/mol. The van der Waals surface area contributed by atoms with Crippen molar-refractivity contribution in [2.24, 2.45) is 11.7 Å². The monoisotopic (exact) mass is 582 g/mol. The molecular formula is C18H23ClF8N2O4S2. The molecule has 0 aliphatic rings. The highest BCUT2D eigenvalue weighted by Gasteiger charge is 2.87. The van der Waals surface area contributed by atoms with Gasteiger partial charge in [-0.25, -0.2) is 16.8 Å². The van der Waals surface area contributed by atoms with Gasteiger partial charge in [-0.3, -0.25) is 0 Å². The third-order valence-corrected chi connectivity index (χ3v) is 8.69. The van der Waals surface area contributed by atoms with Crippen LogP contribution >= 0.6 is 10.7 Å². The maximum absolute atomic E-state index is 14.4. The second-order valence-electron chi connectivity index (χ2n) is 7.58. The molecule has 0 spiro atoms. The molecule has 0 fully saturated rings. The van der Waals surface area contributed by atoms with E-state index in [9.17, 15) is 52.0 Å². The van der Waals surface area contributed by atoms with E-state index in [1.807, 2.05) is 6.92 Å². The molecule has 0 aromatic heterocycles. The van der Waals surface area contributed by atoms with E-state index < -0.39 is 54.5 Å². The lowest BCUT2D eigenvalue weighted by molar-refractivity contribution is -0.326. The van der Waals surface area contributed by atoms with Crippen molar-refractivity contribution >= 4 is 29.8 Å². The lowest BCUT2D eigenvalue weighted by Gasteiger charge is -2.36. The molecule has 0 aliphatic carbocycles. The number of nitrogens with zero attached hydrogens (tertiary/aromatic N) is 1. The predicted octanol–water partition coefficient (Wildman–Crippen LogP) is 4.39. The summed E-state index contributed by atoms with van der Waals surface area (Å²) in [6.07, 6.45) is 1.28. The molecule has 6 nitrogen and oxygen atoms in total. The quantitative estimate of drug-likeness (QED) is 0.275. The van der Waals surface area contributed by atoms with Crippen LogP contribution in [0.4, 0.5) is 35.1 Å². The van der Waals surface area contributed by atoms with E-state index in [4.69, 9.17) is 5.73 Å². The van der Waals surface area contributed by atoms with Crippen molar-refractivity contribution in [1.82, 2.24) is 4.31 Å². The molecule has 1 rings (SSSR count). The molecular weight excluding hydrogens is 560 g/mol. The van der Waals surface area contributed by atoms with E-state index >= 15 is 0 Å². The minimum atomic E-state index is -7.41. The summed E-state index contributed by atoms with van der Waals surface area (Å²) < 4.78 is 157. The lowest BCUT2D eigenvalue weighted by atomic mass is 9.96. The van der Waals surface area contributed by atoms with Crippen molar-refractivity contribution in [1.29, 1.82) is 0 Å². The Hall–Kier alpha value is -1.23. The topological polar surface area (TPSA) is 97.5 Å². The first-order valence-electron chi connectivity index (χ1n) is 9.88. The SMILES string of the molecule is CCC(CN)Cc1ccc(CN(CC)S(=O)(=O)C(F)(F)C(F)(F)C(F)(F)C(F)(F)S(=O)(=O)Cl)cc1. The van der Waals surface area contributed by atoms with Gasteiger partial charge in [0.25, 0.3) is 10.0 Å². The maximum Gasteiger partial charge on any atom is 0.427 e. The molecule has 17 heteroatoms. The van der Waals surface area contributed by atoms with E-state index in [1.54, 1.807) is 0 Å². The van der Waals surface area contributed by atoms with Gasteiger partial charge in [0, 0.05) is 23.8 Å². The van der Waals surface area contributed by atoms with Crippen molar-refractivity contribution < 1.29 is 52.0 Å². The zero-order valence-corrected chi connectivity index (χ0v) is 20.7. The van der Waals surface area contributed by atoms with Crippen molar-refractivity contribution in [3.63, 3.8) is 0 Å². The summed E-state index contributed by atoms with van der Waals surface area (Å²) >= 11 is 0. The summed E-state index contributed by atoms with van der Waals surface area (Å²) in [5.74, 6) is -14.7. The van der Waals surface area contributed by atoms with Crippen LogP contribution in [-0.2, 0) is 32.0 Å². The summed E-state index contributed by atoms with van der Waals surface area (Å²) in [4.78, 5) is 0. The number of nitrogens with two attached hydrogens (primary N) is 1. The van der Waals surface area contributed by atoms with E-state index in [0.29, 0.717) is 13.0 Å². The molecule has 35 heavy (non-hydrogen) atoms. The molecule has 0 amide bonds. The maximum atomic E-state index is 14.4. The Kier molecular flexibility index (Phi) is 9.66. The smallest absolute Gasteiger partial charge is 0.330 e. The second-order valence-corrected chi connectivity index (χ2v) is 12.2. The van der Waals surface area contributed by atoms with E-state index in [-0.39, 0.29) is 15.8 Å². The Balaban J connectivity index is 3.36. The molecule has 0 heterocycles. The Morgan fingerprint density at radius 2 is 1.29 bits per heavy atom. The molecule has 1 atom stereocenters. The fraction of sp³-hybridized carbons (Fsp3) is 0.667. The third kappa shape index (κ3) is 5.70. The van der Waals surface area contributed by atoms with Crippen LogP contribution in [0.2, 0.25) is 0 Å². The van der Waals surface area contributed by atoms with Crippen LogP contribution in [0.1, 0.15) is 31.4 Å². The molecule has 2 N–H and O–H groups in total. The lowest BCUT2D eigenvalue weighted by Crippen LogP contribution is -2.67. The highest BCUT2D eigenvalue weighted by Crippen LogP contribution is 2.56. The van der Waals surface area contributed by atoms with Gasteiger partial charge >= 0.3 is 31.4 Å². The Morgan fingerprint density at radius 3 is 1.66 bits per heavy atom. The average molecular weight is 583 g/mol. The summed E-state index contributed by atoms with van der Waals surface area (Å²) in [6, 6.07) is 5.52. The number of alkyl halides is 8. The molecule has 0 saturated heterocycles. The fourth-order valence-electron chi connectivity index (χ4n) is 2.92. The van der Waals surface area contributed by atoms with Crippen LogP contribution in [0.5, 0.6) is 0 Å². The van der Waals surface area contributed by atoms with Crippen LogP contribution in [0.15, 0.2) is 24.3 Å². The van der Waals surface area contributed by atoms with Gasteiger partial charge in [-0.1, -0.05) is 44.5 Å². The van der Waals surface area contributed by atoms with E-state index in [1.165, 1.54) is 24.3 Å². The molecule has 0 bridgehead atoms. The standard InChI is InChI=1S/C18H23ClF8N2O4S2/c1-3-12(10-28)9-13-5-7-14(8-6-13)11-29(4-2)35(32,33)18(26,27)16(22,23)15(20,21)17(24,25)34(19,30)31/h5-8,12H,3-4,9-11,28H2,1-2H3. The summed E-state index contributed by atoms with van der Waals surface area (Å²) in [7, 11) is -9.59. The van der Waals surface area contributed by atoms with Gasteiger partial charge in [0.15, 0.2) is 0 Å². The Morgan fingerprint density at radius 1 is 0.857 bits per heavy atom. The van der Waals surface area contributed by atoms with Gasteiger partial charge in [-0.15, -0.1) is 0 Å². The second kappa shape index (κ2) is 10.6. The molecule has 0 radical (unpaired) electrons. The van der Waals surface area contributed by atoms with Crippen LogP contribution < -0.4 is 5.73 Å². The summed E-state index contributed by atoms with van der Waals surface area (Å²) in [6.45, 7) is 1.22. The summed E-state index contributed by atoms with van der Waals surface area (Å²) in [5.41, 5.74) is 6.32. The first-order chi connectivity index (χ1) is 15.7. The number of benzene rings is 1. The van der Waals surface area contributed by atoms with Gasteiger partial charge in [-0.05, 0) is 30.0 Å².